The zero-order chi connectivity index (χ0) is 19.9. The number of fused-ring (bicyclic) bond motifs is 1. The van der Waals surface area contributed by atoms with E-state index in [1.165, 1.54) is 0 Å². The Bertz CT molecular complexity index is 906. The second-order valence-corrected chi connectivity index (χ2v) is 7.56. The largest absolute Gasteiger partial charge is 0.496 e. The molecular weight excluding hydrogens is 382 g/mol. The molecule has 3 heterocycles. The number of ether oxygens (including phenoxy) is 3. The molecule has 1 aromatic carbocycles. The van der Waals surface area contributed by atoms with Crippen molar-refractivity contribution in [1.82, 2.24) is 9.97 Å². The Morgan fingerprint density at radius 1 is 1.14 bits per heavy atom. The van der Waals surface area contributed by atoms with Gasteiger partial charge in [0.05, 0.1) is 20.6 Å². The zero-order valence-corrected chi connectivity index (χ0v) is 16.9. The van der Waals surface area contributed by atoms with Crippen molar-refractivity contribution in [3.63, 3.8) is 0 Å². The number of anilines is 1. The molecule has 0 saturated carbocycles. The molecule has 1 fully saturated rings. The van der Waals surface area contributed by atoms with Crippen molar-refractivity contribution in [2.24, 2.45) is 0 Å². The number of ketones is 1. The summed E-state index contributed by atoms with van der Waals surface area (Å²) in [5.74, 6) is 3.09. The molecule has 0 amide bonds. The van der Waals surface area contributed by atoms with E-state index in [-0.39, 0.29) is 5.78 Å². The van der Waals surface area contributed by atoms with Crippen LogP contribution in [0.1, 0.15) is 35.4 Å². The first-order valence-electron chi connectivity index (χ1n) is 9.17. The summed E-state index contributed by atoms with van der Waals surface area (Å²) >= 11 is 6.07. The van der Waals surface area contributed by atoms with Gasteiger partial charge in [-0.25, -0.2) is 9.97 Å². The summed E-state index contributed by atoms with van der Waals surface area (Å²) < 4.78 is 17.1. The maximum atomic E-state index is 12.9. The molecule has 1 saturated heterocycles. The quantitative estimate of drug-likeness (QED) is 0.726. The lowest BCUT2D eigenvalue weighted by molar-refractivity contribution is 0.0225. The summed E-state index contributed by atoms with van der Waals surface area (Å²) in [6.45, 7) is 3.26. The number of hydrogen-bond donors (Lipinski definition) is 0. The summed E-state index contributed by atoms with van der Waals surface area (Å²) in [4.78, 5) is 23.7. The van der Waals surface area contributed by atoms with Gasteiger partial charge in [0.1, 0.15) is 45.2 Å². The van der Waals surface area contributed by atoms with Gasteiger partial charge in [-0.2, -0.15) is 0 Å². The standard InChI is InChI=1S/C20H22ClN3O4/c1-12-22-17(21)10-18(23-12)24-6-4-20(5-7-24)11-14(25)19-15(27-3)8-13(26-2)9-16(19)28-20/h8-10H,4-7,11H2,1-3H3. The number of nitrogens with zero attached hydrogens (tertiary/aromatic N) is 3. The molecule has 1 spiro atoms. The van der Waals surface area contributed by atoms with E-state index in [4.69, 9.17) is 25.8 Å². The Morgan fingerprint density at radius 2 is 1.89 bits per heavy atom. The maximum absolute atomic E-state index is 12.9. The second-order valence-electron chi connectivity index (χ2n) is 7.17. The van der Waals surface area contributed by atoms with Gasteiger partial charge in [0.15, 0.2) is 5.78 Å². The van der Waals surface area contributed by atoms with E-state index in [0.717, 1.165) is 18.9 Å². The Labute approximate surface area is 168 Å². The van der Waals surface area contributed by atoms with Gasteiger partial charge in [0, 0.05) is 44.1 Å². The average molecular weight is 404 g/mol. The van der Waals surface area contributed by atoms with Crippen LogP contribution >= 0.6 is 11.6 Å². The van der Waals surface area contributed by atoms with Gasteiger partial charge in [-0.05, 0) is 6.92 Å². The molecule has 1 aromatic heterocycles. The molecular formula is C20H22ClN3O4. The van der Waals surface area contributed by atoms with E-state index in [9.17, 15) is 4.79 Å². The van der Waals surface area contributed by atoms with Gasteiger partial charge >= 0.3 is 0 Å². The number of carbonyl (C=O) groups is 1. The van der Waals surface area contributed by atoms with Crippen molar-refractivity contribution in [3.05, 3.63) is 34.7 Å². The van der Waals surface area contributed by atoms with Crippen molar-refractivity contribution in [1.29, 1.82) is 0 Å². The summed E-state index contributed by atoms with van der Waals surface area (Å²) in [5, 5.41) is 0.431. The smallest absolute Gasteiger partial charge is 0.174 e. The fourth-order valence-electron chi connectivity index (χ4n) is 3.95. The number of methoxy groups -OCH3 is 2. The minimum atomic E-state index is -0.524. The number of Topliss-reactive ketones (excluding diaryl/α,β-unsaturated/α-hetero) is 1. The number of rotatable bonds is 3. The molecule has 148 valence electrons. The molecule has 0 aliphatic carbocycles. The van der Waals surface area contributed by atoms with Gasteiger partial charge in [-0.15, -0.1) is 0 Å². The molecule has 7 nitrogen and oxygen atoms in total. The van der Waals surface area contributed by atoms with Crippen LogP contribution < -0.4 is 19.1 Å². The van der Waals surface area contributed by atoms with Crippen molar-refractivity contribution < 1.29 is 19.0 Å². The number of halogens is 1. The van der Waals surface area contributed by atoms with Gasteiger partial charge < -0.3 is 19.1 Å². The SMILES string of the molecule is COc1cc(OC)c2c(c1)OC1(CCN(c3cc(Cl)nc(C)n3)CC1)CC2=O. The van der Waals surface area contributed by atoms with E-state index >= 15 is 0 Å². The van der Waals surface area contributed by atoms with Crippen molar-refractivity contribution in [2.45, 2.75) is 31.8 Å². The van der Waals surface area contributed by atoms with Gasteiger partial charge in [0.25, 0.3) is 0 Å². The molecule has 0 unspecified atom stereocenters. The maximum Gasteiger partial charge on any atom is 0.174 e. The molecule has 2 aliphatic rings. The summed E-state index contributed by atoms with van der Waals surface area (Å²) in [6, 6.07) is 5.24. The van der Waals surface area contributed by atoms with E-state index in [2.05, 4.69) is 14.9 Å². The molecule has 2 aromatic rings. The second kappa shape index (κ2) is 7.13. The molecule has 0 bridgehead atoms. The molecule has 4 rings (SSSR count). The number of carbonyl (C=O) groups excluding carboxylic acids is 1. The normalized spacial score (nSPS) is 17.9. The number of aryl methyl sites for hydroxylation is 1. The monoisotopic (exact) mass is 403 g/mol. The van der Waals surface area contributed by atoms with Crippen LogP contribution in [0.25, 0.3) is 0 Å². The predicted molar refractivity (Wildman–Crippen MR) is 105 cm³/mol. The number of piperidine rings is 1. The Balaban J connectivity index is 1.58. The topological polar surface area (TPSA) is 73.8 Å². The first kappa shape index (κ1) is 18.8. The first-order valence-corrected chi connectivity index (χ1v) is 9.55. The Morgan fingerprint density at radius 3 is 2.54 bits per heavy atom. The van der Waals surface area contributed by atoms with Crippen LogP contribution in [-0.2, 0) is 0 Å². The fraction of sp³-hybridized carbons (Fsp3) is 0.450. The average Bonchev–Trinajstić information content (AvgIpc) is 2.66. The minimum absolute atomic E-state index is 0.0372. The third kappa shape index (κ3) is 3.35. The molecule has 8 heteroatoms. The van der Waals surface area contributed by atoms with Crippen LogP contribution in [0.15, 0.2) is 18.2 Å². The van der Waals surface area contributed by atoms with E-state index in [1.807, 2.05) is 6.92 Å². The lowest BCUT2D eigenvalue weighted by Gasteiger charge is -2.44. The lowest BCUT2D eigenvalue weighted by Crippen LogP contribution is -2.51. The lowest BCUT2D eigenvalue weighted by atomic mass is 9.82. The van der Waals surface area contributed by atoms with Crippen LogP contribution in [-0.4, -0.2) is 48.7 Å². The molecule has 28 heavy (non-hydrogen) atoms. The third-order valence-corrected chi connectivity index (χ3v) is 5.57. The molecule has 0 radical (unpaired) electrons. The number of hydrogen-bond acceptors (Lipinski definition) is 7. The van der Waals surface area contributed by atoms with Crippen LogP contribution in [0.3, 0.4) is 0 Å². The Kier molecular flexibility index (Phi) is 4.79. The number of benzene rings is 1. The van der Waals surface area contributed by atoms with E-state index in [1.54, 1.807) is 32.4 Å². The highest BCUT2D eigenvalue weighted by atomic mass is 35.5. The highest BCUT2D eigenvalue weighted by molar-refractivity contribution is 6.29. The van der Waals surface area contributed by atoms with Crippen LogP contribution in [0.2, 0.25) is 5.15 Å². The summed E-state index contributed by atoms with van der Waals surface area (Å²) in [7, 11) is 3.12. The summed E-state index contributed by atoms with van der Waals surface area (Å²) in [5.41, 5.74) is -0.0290. The third-order valence-electron chi connectivity index (χ3n) is 5.37. The van der Waals surface area contributed by atoms with E-state index in [0.29, 0.717) is 53.1 Å². The van der Waals surface area contributed by atoms with Crippen LogP contribution in [0.5, 0.6) is 17.2 Å². The minimum Gasteiger partial charge on any atom is -0.496 e. The molecule has 0 N–H and O–H groups in total. The highest BCUT2D eigenvalue weighted by Crippen LogP contribution is 2.45. The van der Waals surface area contributed by atoms with E-state index < -0.39 is 5.60 Å². The molecule has 0 atom stereocenters. The van der Waals surface area contributed by atoms with Crippen molar-refractivity contribution >= 4 is 23.2 Å². The van der Waals surface area contributed by atoms with Crippen molar-refractivity contribution in [3.8, 4) is 17.2 Å². The van der Waals surface area contributed by atoms with Crippen LogP contribution in [0.4, 0.5) is 5.82 Å². The van der Waals surface area contributed by atoms with Gasteiger partial charge in [-0.3, -0.25) is 4.79 Å². The first-order chi connectivity index (χ1) is 13.4. The van der Waals surface area contributed by atoms with Gasteiger partial charge in [0.2, 0.25) is 0 Å². The zero-order valence-electron chi connectivity index (χ0n) is 16.1. The van der Waals surface area contributed by atoms with Gasteiger partial charge in [-0.1, -0.05) is 11.6 Å². The summed E-state index contributed by atoms with van der Waals surface area (Å²) in [6.07, 6.45) is 1.75. The Hall–Kier alpha value is -2.54. The number of aromatic nitrogens is 2. The highest BCUT2D eigenvalue weighted by Gasteiger charge is 2.44. The van der Waals surface area contributed by atoms with Crippen molar-refractivity contribution in [2.75, 3.05) is 32.2 Å². The van der Waals surface area contributed by atoms with Crippen LogP contribution in [0, 0.1) is 6.92 Å². The predicted octanol–water partition coefficient (Wildman–Crippen LogP) is 3.46. The molecule has 2 aliphatic heterocycles. The fourth-order valence-corrected chi connectivity index (χ4v) is 4.17.